The second-order valence-electron chi connectivity index (χ2n) is 5.48. The number of hydrogen-bond donors (Lipinski definition) is 1. The molecule has 3 heteroatoms. The van der Waals surface area contributed by atoms with E-state index in [9.17, 15) is 4.39 Å². The van der Waals surface area contributed by atoms with E-state index in [0.29, 0.717) is 11.5 Å². The molecule has 1 aliphatic carbocycles. The Kier molecular flexibility index (Phi) is 4.79. The molecule has 0 atom stereocenters. The fourth-order valence-corrected chi connectivity index (χ4v) is 2.86. The number of nitrogens with zero attached hydrogens (tertiary/aromatic N) is 1. The molecule has 0 radical (unpaired) electrons. The number of hydrogen-bond acceptors (Lipinski definition) is 2. The Hall–Kier alpha value is -1.56. The van der Waals surface area contributed by atoms with Crippen LogP contribution in [0, 0.1) is 29.0 Å². The first-order valence-electron chi connectivity index (χ1n) is 7.16. The van der Waals surface area contributed by atoms with Gasteiger partial charge in [0.1, 0.15) is 11.9 Å². The van der Waals surface area contributed by atoms with E-state index in [1.807, 2.05) is 6.07 Å². The van der Waals surface area contributed by atoms with Crippen LogP contribution in [0.5, 0.6) is 0 Å². The Balaban J connectivity index is 1.88. The largest absolute Gasteiger partial charge is 0.384 e. The fourth-order valence-electron chi connectivity index (χ4n) is 2.86. The third kappa shape index (κ3) is 3.70. The maximum Gasteiger partial charge on any atom is 0.124 e. The Labute approximate surface area is 114 Å². The van der Waals surface area contributed by atoms with Crippen molar-refractivity contribution in [1.82, 2.24) is 0 Å². The van der Waals surface area contributed by atoms with Crippen LogP contribution >= 0.6 is 0 Å². The average Bonchev–Trinajstić information content (AvgIpc) is 2.46. The summed E-state index contributed by atoms with van der Waals surface area (Å²) in [6, 6.07) is 6.38. The molecule has 0 bridgehead atoms. The lowest BCUT2D eigenvalue weighted by atomic mass is 9.81. The van der Waals surface area contributed by atoms with Gasteiger partial charge in [0.25, 0.3) is 0 Å². The molecule has 0 spiro atoms. The normalized spacial score (nSPS) is 22.8. The topological polar surface area (TPSA) is 35.8 Å². The van der Waals surface area contributed by atoms with Gasteiger partial charge in [-0.15, -0.1) is 0 Å². The minimum Gasteiger partial charge on any atom is -0.384 e. The lowest BCUT2D eigenvalue weighted by Crippen LogP contribution is -2.21. The van der Waals surface area contributed by atoms with Gasteiger partial charge >= 0.3 is 0 Å². The molecule has 1 N–H and O–H groups in total. The summed E-state index contributed by atoms with van der Waals surface area (Å²) in [5.74, 6) is 1.22. The van der Waals surface area contributed by atoms with Gasteiger partial charge in [0, 0.05) is 6.54 Å². The van der Waals surface area contributed by atoms with E-state index >= 15 is 0 Å². The van der Waals surface area contributed by atoms with Crippen molar-refractivity contribution < 1.29 is 4.39 Å². The highest BCUT2D eigenvalue weighted by molar-refractivity contribution is 5.57. The molecule has 1 aromatic rings. The van der Waals surface area contributed by atoms with Gasteiger partial charge < -0.3 is 5.32 Å². The van der Waals surface area contributed by atoms with E-state index in [4.69, 9.17) is 5.26 Å². The molecule has 1 aliphatic rings. The standard InChI is InChI=1S/C16H21FN2/c1-2-12-3-5-13(6-4-12)11-19-16-8-7-15(17)9-14(16)10-18/h7-9,12-13,19H,2-6,11H2,1H3. The molecule has 1 saturated carbocycles. The molecule has 0 aliphatic heterocycles. The Morgan fingerprint density at radius 1 is 1.26 bits per heavy atom. The summed E-state index contributed by atoms with van der Waals surface area (Å²) in [7, 11) is 0. The zero-order valence-electron chi connectivity index (χ0n) is 11.5. The zero-order valence-corrected chi connectivity index (χ0v) is 11.5. The van der Waals surface area contributed by atoms with E-state index in [1.165, 1.54) is 44.2 Å². The van der Waals surface area contributed by atoms with Crippen LogP contribution in [-0.2, 0) is 0 Å². The average molecular weight is 260 g/mol. The van der Waals surface area contributed by atoms with Crippen molar-refractivity contribution in [3.63, 3.8) is 0 Å². The molecule has 2 nitrogen and oxygen atoms in total. The van der Waals surface area contributed by atoms with Gasteiger partial charge in [-0.2, -0.15) is 5.26 Å². The first-order valence-corrected chi connectivity index (χ1v) is 7.16. The van der Waals surface area contributed by atoms with Crippen LogP contribution in [0.4, 0.5) is 10.1 Å². The van der Waals surface area contributed by atoms with Crippen molar-refractivity contribution in [2.45, 2.75) is 39.0 Å². The highest BCUT2D eigenvalue weighted by Gasteiger charge is 2.19. The summed E-state index contributed by atoms with van der Waals surface area (Å²) in [5, 5.41) is 12.3. The summed E-state index contributed by atoms with van der Waals surface area (Å²) in [4.78, 5) is 0. The van der Waals surface area contributed by atoms with Crippen LogP contribution in [0.2, 0.25) is 0 Å². The summed E-state index contributed by atoms with van der Waals surface area (Å²) in [5.41, 5.74) is 1.14. The van der Waals surface area contributed by atoms with Gasteiger partial charge in [-0.3, -0.25) is 0 Å². The Bertz CT molecular complexity index is 456. The first kappa shape index (κ1) is 13.9. The second kappa shape index (κ2) is 6.56. The lowest BCUT2D eigenvalue weighted by Gasteiger charge is -2.28. The van der Waals surface area contributed by atoms with E-state index in [2.05, 4.69) is 12.2 Å². The molecule has 0 heterocycles. The van der Waals surface area contributed by atoms with Gasteiger partial charge in [-0.25, -0.2) is 4.39 Å². The number of rotatable bonds is 4. The molecule has 2 rings (SSSR count). The number of halogens is 1. The highest BCUT2D eigenvalue weighted by atomic mass is 19.1. The van der Waals surface area contributed by atoms with Gasteiger partial charge in [-0.05, 0) is 42.9 Å². The third-order valence-corrected chi connectivity index (χ3v) is 4.23. The smallest absolute Gasteiger partial charge is 0.124 e. The van der Waals surface area contributed by atoms with Crippen molar-refractivity contribution >= 4 is 5.69 Å². The molecule has 0 saturated heterocycles. The summed E-state index contributed by atoms with van der Waals surface area (Å²) < 4.78 is 13.0. The van der Waals surface area contributed by atoms with Crippen LogP contribution in [0.25, 0.3) is 0 Å². The van der Waals surface area contributed by atoms with Crippen molar-refractivity contribution in [2.75, 3.05) is 11.9 Å². The van der Waals surface area contributed by atoms with Crippen molar-refractivity contribution in [3.8, 4) is 6.07 Å². The zero-order chi connectivity index (χ0) is 13.7. The minimum absolute atomic E-state index is 0.356. The molecule has 1 aromatic carbocycles. The van der Waals surface area contributed by atoms with Crippen molar-refractivity contribution in [3.05, 3.63) is 29.6 Å². The molecule has 0 aromatic heterocycles. The molecule has 102 valence electrons. The predicted molar refractivity (Wildman–Crippen MR) is 75.3 cm³/mol. The first-order chi connectivity index (χ1) is 9.22. The fraction of sp³-hybridized carbons (Fsp3) is 0.562. The van der Waals surface area contributed by atoms with Crippen LogP contribution in [0.15, 0.2) is 18.2 Å². The number of nitrogens with one attached hydrogen (secondary N) is 1. The Morgan fingerprint density at radius 2 is 1.95 bits per heavy atom. The predicted octanol–water partition coefficient (Wildman–Crippen LogP) is 4.33. The number of nitriles is 1. The molecular weight excluding hydrogens is 239 g/mol. The van der Waals surface area contributed by atoms with Crippen molar-refractivity contribution in [1.29, 1.82) is 5.26 Å². The molecular formula is C16H21FN2. The minimum atomic E-state index is -0.356. The number of benzene rings is 1. The highest BCUT2D eigenvalue weighted by Crippen LogP contribution is 2.30. The van der Waals surface area contributed by atoms with Crippen LogP contribution < -0.4 is 5.32 Å². The van der Waals surface area contributed by atoms with Crippen LogP contribution in [-0.4, -0.2) is 6.54 Å². The molecule has 0 unspecified atom stereocenters. The summed E-state index contributed by atoms with van der Waals surface area (Å²) in [6.45, 7) is 3.15. The quantitative estimate of drug-likeness (QED) is 0.874. The third-order valence-electron chi connectivity index (χ3n) is 4.23. The van der Waals surface area contributed by atoms with E-state index < -0.39 is 0 Å². The van der Waals surface area contributed by atoms with E-state index in [-0.39, 0.29) is 5.82 Å². The van der Waals surface area contributed by atoms with E-state index in [1.54, 1.807) is 6.07 Å². The second-order valence-corrected chi connectivity index (χ2v) is 5.48. The maximum atomic E-state index is 13.0. The molecule has 0 amide bonds. The van der Waals surface area contributed by atoms with Crippen LogP contribution in [0.1, 0.15) is 44.6 Å². The monoisotopic (exact) mass is 260 g/mol. The molecule has 1 fully saturated rings. The lowest BCUT2D eigenvalue weighted by molar-refractivity contribution is 0.278. The van der Waals surface area contributed by atoms with Crippen molar-refractivity contribution in [2.24, 2.45) is 11.8 Å². The molecule has 19 heavy (non-hydrogen) atoms. The maximum absolute atomic E-state index is 13.0. The Morgan fingerprint density at radius 3 is 2.58 bits per heavy atom. The van der Waals surface area contributed by atoms with Gasteiger partial charge in [0.05, 0.1) is 11.3 Å². The van der Waals surface area contributed by atoms with Gasteiger partial charge in [-0.1, -0.05) is 26.2 Å². The summed E-state index contributed by atoms with van der Waals surface area (Å²) >= 11 is 0. The summed E-state index contributed by atoms with van der Waals surface area (Å²) in [6.07, 6.45) is 6.44. The SMILES string of the molecule is CCC1CCC(CNc2ccc(F)cc2C#N)CC1. The van der Waals surface area contributed by atoms with Gasteiger partial charge in [0.2, 0.25) is 0 Å². The number of anilines is 1. The van der Waals surface area contributed by atoms with E-state index in [0.717, 1.165) is 18.2 Å². The van der Waals surface area contributed by atoms with Gasteiger partial charge in [0.15, 0.2) is 0 Å². The van der Waals surface area contributed by atoms with Crippen LogP contribution in [0.3, 0.4) is 0 Å².